The second-order valence-corrected chi connectivity index (χ2v) is 6.21. The molecule has 1 aromatic carbocycles. The van der Waals surface area contributed by atoms with Crippen LogP contribution in [0.15, 0.2) is 30.5 Å². The molecule has 24 heavy (non-hydrogen) atoms. The highest BCUT2D eigenvalue weighted by atomic mass is 16.5. The first-order valence-electron chi connectivity index (χ1n) is 8.18. The van der Waals surface area contributed by atoms with Crippen molar-refractivity contribution in [3.8, 4) is 0 Å². The van der Waals surface area contributed by atoms with Crippen LogP contribution in [0.2, 0.25) is 0 Å². The van der Waals surface area contributed by atoms with Gasteiger partial charge in [-0.15, -0.1) is 0 Å². The number of para-hydroxylation sites is 1. The van der Waals surface area contributed by atoms with Crippen LogP contribution < -0.4 is 0 Å². The van der Waals surface area contributed by atoms with Gasteiger partial charge in [-0.05, 0) is 18.1 Å². The molecule has 1 aliphatic heterocycles. The van der Waals surface area contributed by atoms with Crippen molar-refractivity contribution >= 4 is 22.8 Å². The summed E-state index contributed by atoms with van der Waals surface area (Å²) in [7, 11) is 2.01. The molecule has 1 aromatic heterocycles. The Balaban J connectivity index is 1.61. The number of rotatable bonds is 5. The van der Waals surface area contributed by atoms with Crippen LogP contribution in [-0.2, 0) is 27.8 Å². The second-order valence-electron chi connectivity index (χ2n) is 6.21. The number of fused-ring (bicyclic) bond motifs is 1. The molecule has 0 bridgehead atoms. The van der Waals surface area contributed by atoms with Gasteiger partial charge in [0.25, 0.3) is 0 Å². The molecule has 1 saturated heterocycles. The van der Waals surface area contributed by atoms with Gasteiger partial charge in [0.15, 0.2) is 0 Å². The molecule has 1 unspecified atom stereocenters. The van der Waals surface area contributed by atoms with Crippen molar-refractivity contribution in [3.05, 3.63) is 36.0 Å². The van der Waals surface area contributed by atoms with E-state index in [-0.39, 0.29) is 12.3 Å². The van der Waals surface area contributed by atoms with Gasteiger partial charge in [-0.2, -0.15) is 0 Å². The van der Waals surface area contributed by atoms with Crippen LogP contribution in [0, 0.1) is 0 Å². The number of carboxylic acids is 1. The minimum Gasteiger partial charge on any atom is -0.481 e. The molecular weight excluding hydrogens is 308 g/mol. The zero-order valence-corrected chi connectivity index (χ0v) is 13.8. The van der Waals surface area contributed by atoms with E-state index in [9.17, 15) is 9.59 Å². The monoisotopic (exact) mass is 330 g/mol. The maximum atomic E-state index is 12.5. The summed E-state index contributed by atoms with van der Waals surface area (Å²) in [6, 6.07) is 8.16. The highest BCUT2D eigenvalue weighted by Gasteiger charge is 2.25. The average molecular weight is 330 g/mol. The Hall–Kier alpha value is -2.34. The number of carboxylic acid groups (broad SMARTS) is 1. The van der Waals surface area contributed by atoms with Gasteiger partial charge in [-0.1, -0.05) is 18.2 Å². The zero-order chi connectivity index (χ0) is 17.1. The predicted molar refractivity (Wildman–Crippen MR) is 89.8 cm³/mol. The third kappa shape index (κ3) is 3.59. The van der Waals surface area contributed by atoms with Gasteiger partial charge in [0.1, 0.15) is 0 Å². The van der Waals surface area contributed by atoms with Crippen LogP contribution in [0.1, 0.15) is 18.4 Å². The van der Waals surface area contributed by atoms with Crippen LogP contribution in [0.3, 0.4) is 0 Å². The predicted octanol–water partition coefficient (Wildman–Crippen LogP) is 1.81. The molecule has 128 valence electrons. The van der Waals surface area contributed by atoms with Gasteiger partial charge in [0, 0.05) is 43.7 Å². The summed E-state index contributed by atoms with van der Waals surface area (Å²) < 4.78 is 7.49. The lowest BCUT2D eigenvalue weighted by molar-refractivity contribution is -0.147. The Morgan fingerprint density at radius 3 is 2.92 bits per heavy atom. The number of morpholine rings is 1. The third-order valence-corrected chi connectivity index (χ3v) is 4.48. The van der Waals surface area contributed by atoms with Crippen molar-refractivity contribution in [2.45, 2.75) is 25.4 Å². The molecule has 0 spiro atoms. The van der Waals surface area contributed by atoms with E-state index >= 15 is 0 Å². The number of ether oxygens (including phenoxy) is 1. The molecule has 2 heterocycles. The van der Waals surface area contributed by atoms with Gasteiger partial charge in [0.05, 0.1) is 19.1 Å². The molecule has 1 fully saturated rings. The maximum absolute atomic E-state index is 12.5. The van der Waals surface area contributed by atoms with Crippen molar-refractivity contribution in [3.63, 3.8) is 0 Å². The standard InChI is InChI=1S/C18H22N2O4/c1-19-11-13(15-4-2-3-5-16(15)19)6-7-17(21)20-8-9-24-14(12-20)10-18(22)23/h2-5,11,14H,6-10,12H2,1H3,(H,22,23). The van der Waals surface area contributed by atoms with E-state index < -0.39 is 12.1 Å². The Bertz CT molecular complexity index is 753. The number of carbonyl (C=O) groups excluding carboxylic acids is 1. The van der Waals surface area contributed by atoms with E-state index in [0.717, 1.165) is 11.1 Å². The topological polar surface area (TPSA) is 71.8 Å². The Morgan fingerprint density at radius 2 is 2.12 bits per heavy atom. The molecule has 1 atom stereocenters. The van der Waals surface area contributed by atoms with E-state index in [1.165, 1.54) is 5.39 Å². The largest absolute Gasteiger partial charge is 0.481 e. The van der Waals surface area contributed by atoms with Gasteiger partial charge in [-0.25, -0.2) is 0 Å². The second kappa shape index (κ2) is 7.05. The molecule has 1 N–H and O–H groups in total. The lowest BCUT2D eigenvalue weighted by Crippen LogP contribution is -2.46. The highest BCUT2D eigenvalue weighted by molar-refractivity contribution is 5.85. The fraction of sp³-hybridized carbons (Fsp3) is 0.444. The molecule has 3 rings (SSSR count). The zero-order valence-electron chi connectivity index (χ0n) is 13.8. The van der Waals surface area contributed by atoms with Gasteiger partial charge in [-0.3, -0.25) is 9.59 Å². The summed E-state index contributed by atoms with van der Waals surface area (Å²) in [5.41, 5.74) is 2.32. The molecule has 2 aromatic rings. The molecule has 1 amide bonds. The first-order valence-corrected chi connectivity index (χ1v) is 8.18. The van der Waals surface area contributed by atoms with Crippen LogP contribution >= 0.6 is 0 Å². The number of benzene rings is 1. The van der Waals surface area contributed by atoms with E-state index in [0.29, 0.717) is 32.5 Å². The summed E-state index contributed by atoms with van der Waals surface area (Å²) in [5.74, 6) is -0.841. The number of nitrogens with zero attached hydrogens (tertiary/aromatic N) is 2. The number of amides is 1. The van der Waals surface area contributed by atoms with Crippen LogP contribution in [-0.4, -0.2) is 52.3 Å². The fourth-order valence-electron chi connectivity index (χ4n) is 3.29. The molecule has 1 aliphatic rings. The smallest absolute Gasteiger partial charge is 0.306 e. The molecule has 0 aliphatic carbocycles. The van der Waals surface area contributed by atoms with Crippen molar-refractivity contribution in [2.75, 3.05) is 19.7 Å². The van der Waals surface area contributed by atoms with Crippen molar-refractivity contribution in [1.82, 2.24) is 9.47 Å². The number of aliphatic carboxylic acids is 1. The van der Waals surface area contributed by atoms with Gasteiger partial charge in [0.2, 0.25) is 5.91 Å². The number of aryl methyl sites for hydroxylation is 2. The Kier molecular flexibility index (Phi) is 4.85. The molecular formula is C18H22N2O4. The van der Waals surface area contributed by atoms with E-state index in [1.807, 2.05) is 19.2 Å². The number of hydrogen-bond acceptors (Lipinski definition) is 3. The van der Waals surface area contributed by atoms with Gasteiger partial charge < -0.3 is 19.3 Å². The van der Waals surface area contributed by atoms with Gasteiger partial charge >= 0.3 is 5.97 Å². The summed E-state index contributed by atoms with van der Waals surface area (Å²) in [6.45, 7) is 1.29. The summed E-state index contributed by atoms with van der Waals surface area (Å²) >= 11 is 0. The first-order chi connectivity index (χ1) is 11.5. The summed E-state index contributed by atoms with van der Waals surface area (Å²) in [4.78, 5) is 25.0. The number of hydrogen-bond donors (Lipinski definition) is 1. The lowest BCUT2D eigenvalue weighted by Gasteiger charge is -2.32. The fourth-order valence-corrected chi connectivity index (χ4v) is 3.29. The number of carbonyl (C=O) groups is 2. The minimum absolute atomic E-state index is 0.0571. The van der Waals surface area contributed by atoms with Crippen molar-refractivity contribution in [2.24, 2.45) is 7.05 Å². The minimum atomic E-state index is -0.898. The Labute approximate surface area is 140 Å². The molecule has 0 radical (unpaired) electrons. The Morgan fingerprint density at radius 1 is 1.33 bits per heavy atom. The molecule has 6 nitrogen and oxygen atoms in total. The molecule has 0 saturated carbocycles. The SMILES string of the molecule is Cn1cc(CCC(=O)N2CCOC(CC(=O)O)C2)c2ccccc21. The van der Waals surface area contributed by atoms with Crippen LogP contribution in [0.25, 0.3) is 10.9 Å². The van der Waals surface area contributed by atoms with E-state index in [2.05, 4.69) is 22.9 Å². The van der Waals surface area contributed by atoms with Crippen molar-refractivity contribution < 1.29 is 19.4 Å². The van der Waals surface area contributed by atoms with Crippen molar-refractivity contribution in [1.29, 1.82) is 0 Å². The van der Waals surface area contributed by atoms with E-state index in [4.69, 9.17) is 9.84 Å². The maximum Gasteiger partial charge on any atom is 0.306 e. The average Bonchev–Trinajstić information content (AvgIpc) is 2.89. The first kappa shape index (κ1) is 16.5. The van der Waals surface area contributed by atoms with Crippen LogP contribution in [0.5, 0.6) is 0 Å². The summed E-state index contributed by atoms with van der Waals surface area (Å²) in [5, 5.41) is 10.0. The number of aromatic nitrogens is 1. The highest BCUT2D eigenvalue weighted by Crippen LogP contribution is 2.22. The third-order valence-electron chi connectivity index (χ3n) is 4.48. The van der Waals surface area contributed by atoms with E-state index in [1.54, 1.807) is 4.90 Å². The summed E-state index contributed by atoms with van der Waals surface area (Å²) in [6.07, 6.45) is 2.71. The molecule has 6 heteroatoms. The normalized spacial score (nSPS) is 18.0. The quantitative estimate of drug-likeness (QED) is 0.907. The van der Waals surface area contributed by atoms with Crippen LogP contribution in [0.4, 0.5) is 0 Å². The lowest BCUT2D eigenvalue weighted by atomic mass is 10.1.